The highest BCUT2D eigenvalue weighted by Gasteiger charge is 2.17. The topological polar surface area (TPSA) is 86.9 Å². The van der Waals surface area contributed by atoms with E-state index in [9.17, 15) is 9.59 Å². The predicted octanol–water partition coefficient (Wildman–Crippen LogP) is 3.53. The van der Waals surface area contributed by atoms with Crippen molar-refractivity contribution < 1.29 is 14.3 Å². The van der Waals surface area contributed by atoms with Gasteiger partial charge >= 0.3 is 6.03 Å². The van der Waals surface area contributed by atoms with Gasteiger partial charge in [-0.3, -0.25) is 4.79 Å². The van der Waals surface area contributed by atoms with E-state index >= 15 is 0 Å². The number of anilines is 1. The average Bonchev–Trinajstić information content (AvgIpc) is 2.77. The Hall–Kier alpha value is -3.52. The molecule has 8 heteroatoms. The van der Waals surface area contributed by atoms with Crippen molar-refractivity contribution in [1.29, 1.82) is 0 Å². The second-order valence-electron chi connectivity index (χ2n) is 7.69. The number of hydrogen-bond acceptors (Lipinski definition) is 5. The normalized spacial score (nSPS) is 10.9. The van der Waals surface area contributed by atoms with Crippen LogP contribution in [0.3, 0.4) is 0 Å². The molecular weight excluding hydrogens is 408 g/mol. The Kier molecular flexibility index (Phi) is 7.72. The molecule has 0 fully saturated rings. The van der Waals surface area contributed by atoms with Crippen molar-refractivity contribution in [2.75, 3.05) is 46.2 Å². The summed E-state index contributed by atoms with van der Waals surface area (Å²) >= 11 is 0. The molecule has 32 heavy (non-hydrogen) atoms. The molecule has 0 saturated carbocycles. The van der Waals surface area contributed by atoms with Crippen LogP contribution in [0.15, 0.2) is 53.3 Å². The lowest BCUT2D eigenvalue weighted by Gasteiger charge is -2.25. The van der Waals surface area contributed by atoms with Crippen LogP contribution in [0.1, 0.15) is 12.5 Å². The third-order valence-corrected chi connectivity index (χ3v) is 5.01. The number of H-pyrrole nitrogens is 1. The molecule has 0 saturated heterocycles. The number of rotatable bonds is 9. The number of carbonyl (C=O) groups excluding carboxylic acids is 1. The maximum Gasteiger partial charge on any atom is 0.322 e. The molecule has 2 aromatic carbocycles. The molecule has 170 valence electrons. The Morgan fingerprint density at radius 1 is 1.03 bits per heavy atom. The highest BCUT2D eigenvalue weighted by Crippen LogP contribution is 2.20. The van der Waals surface area contributed by atoms with E-state index in [1.807, 2.05) is 50.2 Å². The van der Waals surface area contributed by atoms with Gasteiger partial charge in [0.1, 0.15) is 11.5 Å². The number of amides is 2. The average molecular weight is 439 g/mol. The molecule has 3 aromatic rings. The summed E-state index contributed by atoms with van der Waals surface area (Å²) in [6.07, 6.45) is 0. The second-order valence-corrected chi connectivity index (χ2v) is 7.69. The molecule has 0 aliphatic rings. The van der Waals surface area contributed by atoms with Gasteiger partial charge in [0.25, 0.3) is 5.56 Å². The summed E-state index contributed by atoms with van der Waals surface area (Å²) in [6.45, 7) is 3.79. The summed E-state index contributed by atoms with van der Waals surface area (Å²) in [6, 6.07) is 14.2. The van der Waals surface area contributed by atoms with Crippen LogP contribution in [0.25, 0.3) is 10.9 Å². The van der Waals surface area contributed by atoms with Gasteiger partial charge in [0.15, 0.2) is 0 Å². The van der Waals surface area contributed by atoms with Gasteiger partial charge in [0, 0.05) is 35.2 Å². The van der Waals surface area contributed by atoms with Gasteiger partial charge in [-0.25, -0.2) is 4.79 Å². The Morgan fingerprint density at radius 2 is 1.75 bits per heavy atom. The highest BCUT2D eigenvalue weighted by atomic mass is 16.5. The fourth-order valence-corrected chi connectivity index (χ4v) is 3.26. The quantitative estimate of drug-likeness (QED) is 0.534. The third kappa shape index (κ3) is 6.01. The van der Waals surface area contributed by atoms with Gasteiger partial charge in [-0.1, -0.05) is 0 Å². The fraction of sp³-hybridized carbons (Fsp3) is 0.333. The first-order chi connectivity index (χ1) is 15.4. The first kappa shape index (κ1) is 23.1. The molecule has 0 atom stereocenters. The number of carbonyl (C=O) groups is 1. The van der Waals surface area contributed by atoms with Crippen LogP contribution in [0.2, 0.25) is 0 Å². The van der Waals surface area contributed by atoms with Gasteiger partial charge in [-0.2, -0.15) is 0 Å². The van der Waals surface area contributed by atoms with Crippen molar-refractivity contribution in [3.8, 4) is 11.5 Å². The first-order valence-corrected chi connectivity index (χ1v) is 10.5. The number of aromatic amines is 1. The maximum atomic E-state index is 13.0. The molecular formula is C24H30N4O4. The van der Waals surface area contributed by atoms with Crippen molar-refractivity contribution in [2.24, 2.45) is 0 Å². The van der Waals surface area contributed by atoms with Crippen LogP contribution >= 0.6 is 0 Å². The van der Waals surface area contributed by atoms with Crippen molar-refractivity contribution in [1.82, 2.24) is 14.8 Å². The van der Waals surface area contributed by atoms with Crippen molar-refractivity contribution >= 4 is 22.6 Å². The number of methoxy groups -OCH3 is 1. The van der Waals surface area contributed by atoms with Gasteiger partial charge in [0.05, 0.1) is 20.3 Å². The number of pyridine rings is 1. The highest BCUT2D eigenvalue weighted by molar-refractivity contribution is 5.89. The molecule has 0 bridgehead atoms. The summed E-state index contributed by atoms with van der Waals surface area (Å²) in [5, 5.41) is 3.76. The number of aromatic nitrogens is 1. The molecule has 1 heterocycles. The number of fused-ring (bicyclic) bond motifs is 1. The number of nitrogens with one attached hydrogen (secondary N) is 2. The SMILES string of the molecule is CCOc1ccc2[nH]c(=O)c(CN(CCN(C)C)C(=O)Nc3ccc(OC)cc3)cc2c1. The number of urea groups is 1. The zero-order chi connectivity index (χ0) is 23.1. The van der Waals surface area contributed by atoms with Gasteiger partial charge in [0.2, 0.25) is 0 Å². The largest absolute Gasteiger partial charge is 0.497 e. The molecule has 2 amide bonds. The monoisotopic (exact) mass is 438 g/mol. The summed E-state index contributed by atoms with van der Waals surface area (Å²) < 4.78 is 10.7. The van der Waals surface area contributed by atoms with E-state index < -0.39 is 0 Å². The van der Waals surface area contributed by atoms with Crippen LogP contribution < -0.4 is 20.3 Å². The number of likely N-dealkylation sites (N-methyl/N-ethyl adjacent to an activating group) is 1. The van der Waals surface area contributed by atoms with Gasteiger partial charge in [-0.15, -0.1) is 0 Å². The van der Waals surface area contributed by atoms with E-state index in [1.54, 1.807) is 36.3 Å². The summed E-state index contributed by atoms with van der Waals surface area (Å²) in [5.74, 6) is 1.45. The second kappa shape index (κ2) is 10.7. The number of ether oxygens (including phenoxy) is 2. The minimum absolute atomic E-state index is 0.181. The third-order valence-electron chi connectivity index (χ3n) is 5.01. The molecule has 0 radical (unpaired) electrons. The molecule has 0 aliphatic carbocycles. The van der Waals surface area contributed by atoms with Crippen LogP contribution in [0, 0.1) is 0 Å². The van der Waals surface area contributed by atoms with E-state index in [0.29, 0.717) is 36.7 Å². The smallest absolute Gasteiger partial charge is 0.322 e. The molecule has 0 aliphatic heterocycles. The Balaban J connectivity index is 1.84. The Morgan fingerprint density at radius 3 is 2.41 bits per heavy atom. The molecule has 1 aromatic heterocycles. The van der Waals surface area contributed by atoms with Crippen LogP contribution in [-0.4, -0.2) is 61.7 Å². The van der Waals surface area contributed by atoms with Crippen LogP contribution in [0.5, 0.6) is 11.5 Å². The lowest BCUT2D eigenvalue weighted by molar-refractivity contribution is 0.202. The van der Waals surface area contributed by atoms with Gasteiger partial charge < -0.3 is 29.6 Å². The molecule has 3 rings (SSSR count). The van der Waals surface area contributed by atoms with Crippen LogP contribution in [0.4, 0.5) is 10.5 Å². The van der Waals surface area contributed by atoms with E-state index in [2.05, 4.69) is 10.3 Å². The number of hydrogen-bond donors (Lipinski definition) is 2. The van der Waals surface area contributed by atoms with Gasteiger partial charge in [-0.05, 0) is 69.6 Å². The molecule has 2 N–H and O–H groups in total. The number of nitrogens with zero attached hydrogens (tertiary/aromatic N) is 2. The van der Waals surface area contributed by atoms with E-state index in [1.165, 1.54) is 0 Å². The standard InChI is InChI=1S/C24H30N4O4/c1-5-32-21-10-11-22-17(15-21)14-18(23(29)26-22)16-28(13-12-27(2)3)24(30)25-19-6-8-20(31-4)9-7-19/h6-11,14-15H,5,12-13,16H2,1-4H3,(H,25,30)(H,26,29). The summed E-state index contributed by atoms with van der Waals surface area (Å²) in [4.78, 5) is 32.3. The predicted molar refractivity (Wildman–Crippen MR) is 127 cm³/mol. The summed E-state index contributed by atoms with van der Waals surface area (Å²) in [7, 11) is 5.48. The zero-order valence-corrected chi connectivity index (χ0v) is 19.0. The number of benzene rings is 2. The Bertz CT molecular complexity index is 1110. The summed E-state index contributed by atoms with van der Waals surface area (Å²) in [5.41, 5.74) is 1.67. The zero-order valence-electron chi connectivity index (χ0n) is 19.0. The first-order valence-electron chi connectivity index (χ1n) is 10.5. The van der Waals surface area contributed by atoms with E-state index in [4.69, 9.17) is 9.47 Å². The maximum absolute atomic E-state index is 13.0. The Labute approximate surface area is 187 Å². The lowest BCUT2D eigenvalue weighted by atomic mass is 10.1. The van der Waals surface area contributed by atoms with Crippen LogP contribution in [-0.2, 0) is 6.54 Å². The van der Waals surface area contributed by atoms with Crippen molar-refractivity contribution in [3.63, 3.8) is 0 Å². The molecule has 0 unspecified atom stereocenters. The van der Waals surface area contributed by atoms with E-state index in [0.717, 1.165) is 16.7 Å². The van der Waals surface area contributed by atoms with E-state index in [-0.39, 0.29) is 18.1 Å². The molecule has 0 spiro atoms. The minimum Gasteiger partial charge on any atom is -0.497 e. The minimum atomic E-state index is -0.278. The fourth-order valence-electron chi connectivity index (χ4n) is 3.26. The van der Waals surface area contributed by atoms with Crippen molar-refractivity contribution in [3.05, 3.63) is 64.4 Å². The van der Waals surface area contributed by atoms with Crippen molar-refractivity contribution in [2.45, 2.75) is 13.5 Å². The molecule has 8 nitrogen and oxygen atoms in total. The lowest BCUT2D eigenvalue weighted by Crippen LogP contribution is -2.40.